The molecular weight excluding hydrogens is 311 g/mol. The molecule has 0 amide bonds. The van der Waals surface area contributed by atoms with Crippen molar-refractivity contribution in [2.75, 3.05) is 7.11 Å². The van der Waals surface area contributed by atoms with Gasteiger partial charge in [-0.25, -0.2) is 0 Å². The number of ether oxygens (including phenoxy) is 1. The highest BCUT2D eigenvalue weighted by molar-refractivity contribution is 14.1. The highest BCUT2D eigenvalue weighted by atomic mass is 127. The first-order valence-electron chi connectivity index (χ1n) is 4.11. The molecule has 1 aromatic carbocycles. The molecule has 0 spiro atoms. The van der Waals surface area contributed by atoms with Gasteiger partial charge in [0.15, 0.2) is 0 Å². The van der Waals surface area contributed by atoms with Crippen LogP contribution in [-0.2, 0) is 6.61 Å². The third-order valence-electron chi connectivity index (χ3n) is 2.10. The predicted octanol–water partition coefficient (Wildman–Crippen LogP) is 3.01. The Kier molecular flexibility index (Phi) is 2.94. The van der Waals surface area contributed by atoms with Crippen LogP contribution in [0.15, 0.2) is 17.5 Å². The van der Waals surface area contributed by atoms with Crippen molar-refractivity contribution in [3.8, 4) is 5.75 Å². The first-order chi connectivity index (χ1) is 6.77. The van der Waals surface area contributed by atoms with Gasteiger partial charge in [-0.3, -0.25) is 0 Å². The van der Waals surface area contributed by atoms with Crippen molar-refractivity contribution in [1.29, 1.82) is 0 Å². The molecule has 2 rings (SSSR count). The Hall–Kier alpha value is -0.330. The van der Waals surface area contributed by atoms with E-state index < -0.39 is 0 Å². The van der Waals surface area contributed by atoms with Gasteiger partial charge in [-0.1, -0.05) is 0 Å². The summed E-state index contributed by atoms with van der Waals surface area (Å²) in [6.45, 7) is 0.0659. The Morgan fingerprint density at radius 1 is 1.50 bits per heavy atom. The Labute approximate surface area is 99.7 Å². The third-order valence-corrected chi connectivity index (χ3v) is 3.94. The molecule has 2 nitrogen and oxygen atoms in total. The van der Waals surface area contributed by atoms with Gasteiger partial charge >= 0.3 is 0 Å². The van der Waals surface area contributed by atoms with Crippen molar-refractivity contribution in [2.45, 2.75) is 6.61 Å². The summed E-state index contributed by atoms with van der Waals surface area (Å²) < 4.78 is 7.58. The molecule has 0 aliphatic carbocycles. The summed E-state index contributed by atoms with van der Waals surface area (Å²) in [7, 11) is 1.66. The number of halogens is 1. The second-order valence-corrected chi connectivity index (χ2v) is 4.95. The molecule has 0 bridgehead atoms. The van der Waals surface area contributed by atoms with Gasteiger partial charge in [0, 0.05) is 10.1 Å². The van der Waals surface area contributed by atoms with E-state index in [4.69, 9.17) is 4.74 Å². The minimum Gasteiger partial charge on any atom is -0.495 e. The van der Waals surface area contributed by atoms with Crippen LogP contribution in [0, 0.1) is 3.57 Å². The van der Waals surface area contributed by atoms with Gasteiger partial charge in [0.2, 0.25) is 0 Å². The normalized spacial score (nSPS) is 10.8. The van der Waals surface area contributed by atoms with Crippen LogP contribution >= 0.6 is 33.9 Å². The van der Waals surface area contributed by atoms with Crippen molar-refractivity contribution >= 4 is 44.0 Å². The highest BCUT2D eigenvalue weighted by Crippen LogP contribution is 2.36. The lowest BCUT2D eigenvalue weighted by molar-refractivity contribution is 0.283. The van der Waals surface area contributed by atoms with E-state index in [9.17, 15) is 5.11 Å². The van der Waals surface area contributed by atoms with E-state index in [1.807, 2.05) is 11.4 Å². The maximum absolute atomic E-state index is 9.18. The van der Waals surface area contributed by atoms with Gasteiger partial charge in [-0.2, -0.15) is 0 Å². The summed E-state index contributed by atoms with van der Waals surface area (Å²) in [5.41, 5.74) is 0.945. The number of hydrogen-bond acceptors (Lipinski definition) is 3. The van der Waals surface area contributed by atoms with E-state index >= 15 is 0 Å². The fraction of sp³-hybridized carbons (Fsp3) is 0.200. The summed E-state index contributed by atoms with van der Waals surface area (Å²) in [4.78, 5) is 0. The molecule has 0 saturated heterocycles. The van der Waals surface area contributed by atoms with E-state index in [0.717, 1.165) is 25.0 Å². The van der Waals surface area contributed by atoms with Gasteiger partial charge in [-0.15, -0.1) is 11.3 Å². The second-order valence-electron chi connectivity index (χ2n) is 2.87. The lowest BCUT2D eigenvalue weighted by Gasteiger charge is -2.05. The summed E-state index contributed by atoms with van der Waals surface area (Å²) in [5, 5.41) is 12.2. The van der Waals surface area contributed by atoms with Crippen LogP contribution in [0.2, 0.25) is 0 Å². The standard InChI is InChI=1S/C10H9IO2S/c1-13-10-7(11)2-3-8-9(10)6(4-12)5-14-8/h2-3,5,12H,4H2,1H3. The lowest BCUT2D eigenvalue weighted by Crippen LogP contribution is -1.89. The fourth-order valence-electron chi connectivity index (χ4n) is 1.45. The zero-order chi connectivity index (χ0) is 10.1. The van der Waals surface area contributed by atoms with Gasteiger partial charge in [0.1, 0.15) is 5.75 Å². The van der Waals surface area contributed by atoms with E-state index in [1.54, 1.807) is 18.4 Å². The van der Waals surface area contributed by atoms with Gasteiger partial charge in [0.25, 0.3) is 0 Å². The largest absolute Gasteiger partial charge is 0.495 e. The Morgan fingerprint density at radius 2 is 2.29 bits per heavy atom. The van der Waals surface area contributed by atoms with Crippen LogP contribution in [0.4, 0.5) is 0 Å². The van der Waals surface area contributed by atoms with E-state index in [1.165, 1.54) is 0 Å². The first-order valence-corrected chi connectivity index (χ1v) is 6.07. The number of fused-ring (bicyclic) bond motifs is 1. The number of aliphatic hydroxyl groups excluding tert-OH is 1. The number of methoxy groups -OCH3 is 1. The van der Waals surface area contributed by atoms with Crippen molar-refractivity contribution < 1.29 is 9.84 Å². The molecule has 0 saturated carbocycles. The van der Waals surface area contributed by atoms with Gasteiger partial charge in [-0.05, 0) is 45.7 Å². The van der Waals surface area contributed by atoms with Crippen molar-refractivity contribution in [2.24, 2.45) is 0 Å². The molecule has 4 heteroatoms. The van der Waals surface area contributed by atoms with E-state index in [-0.39, 0.29) is 6.61 Å². The average molecular weight is 320 g/mol. The Bertz CT molecular complexity index is 464. The lowest BCUT2D eigenvalue weighted by atomic mass is 10.1. The molecule has 1 N–H and O–H groups in total. The number of benzene rings is 1. The maximum atomic E-state index is 9.18. The monoisotopic (exact) mass is 320 g/mol. The topological polar surface area (TPSA) is 29.5 Å². The van der Waals surface area contributed by atoms with Crippen LogP contribution < -0.4 is 4.74 Å². The third kappa shape index (κ3) is 1.51. The van der Waals surface area contributed by atoms with Crippen LogP contribution in [0.1, 0.15) is 5.56 Å². The molecule has 0 fully saturated rings. The Morgan fingerprint density at radius 3 is 2.93 bits per heavy atom. The average Bonchev–Trinajstić information content (AvgIpc) is 2.61. The smallest absolute Gasteiger partial charge is 0.141 e. The highest BCUT2D eigenvalue weighted by Gasteiger charge is 2.11. The van der Waals surface area contributed by atoms with Crippen molar-refractivity contribution in [3.05, 3.63) is 26.6 Å². The van der Waals surface area contributed by atoms with Crippen LogP contribution in [0.25, 0.3) is 10.1 Å². The second kappa shape index (κ2) is 4.04. The van der Waals surface area contributed by atoms with Crippen molar-refractivity contribution in [1.82, 2.24) is 0 Å². The fourth-order valence-corrected chi connectivity index (χ4v) is 3.07. The zero-order valence-electron chi connectivity index (χ0n) is 7.58. The summed E-state index contributed by atoms with van der Waals surface area (Å²) in [6.07, 6.45) is 0. The molecule has 74 valence electrons. The molecule has 0 aliphatic rings. The quantitative estimate of drug-likeness (QED) is 0.862. The SMILES string of the molecule is COc1c(I)ccc2scc(CO)c12. The summed E-state index contributed by atoms with van der Waals surface area (Å²) in [6, 6.07) is 4.09. The molecular formula is C10H9IO2S. The number of aliphatic hydroxyl groups is 1. The molecule has 0 unspecified atom stereocenters. The molecule has 0 atom stereocenters. The molecule has 2 aromatic rings. The maximum Gasteiger partial charge on any atom is 0.141 e. The first kappa shape index (κ1) is 10.2. The Balaban J connectivity index is 2.81. The zero-order valence-corrected chi connectivity index (χ0v) is 10.6. The molecule has 14 heavy (non-hydrogen) atoms. The minimum atomic E-state index is 0.0659. The molecule has 1 aromatic heterocycles. The van der Waals surface area contributed by atoms with E-state index in [0.29, 0.717) is 0 Å². The summed E-state index contributed by atoms with van der Waals surface area (Å²) >= 11 is 3.87. The number of rotatable bonds is 2. The van der Waals surface area contributed by atoms with Gasteiger partial charge in [0.05, 0.1) is 17.3 Å². The predicted molar refractivity (Wildman–Crippen MR) is 67.0 cm³/mol. The van der Waals surface area contributed by atoms with Crippen molar-refractivity contribution in [3.63, 3.8) is 0 Å². The minimum absolute atomic E-state index is 0.0659. The van der Waals surface area contributed by atoms with E-state index in [2.05, 4.69) is 28.7 Å². The molecule has 0 radical (unpaired) electrons. The van der Waals surface area contributed by atoms with Crippen LogP contribution in [0.5, 0.6) is 5.75 Å². The van der Waals surface area contributed by atoms with Crippen LogP contribution in [0.3, 0.4) is 0 Å². The summed E-state index contributed by atoms with van der Waals surface area (Å²) in [5.74, 6) is 0.869. The number of hydrogen-bond donors (Lipinski definition) is 1. The molecule has 0 aliphatic heterocycles. The molecule has 1 heterocycles. The van der Waals surface area contributed by atoms with Crippen LogP contribution in [-0.4, -0.2) is 12.2 Å². The number of thiophene rings is 1. The van der Waals surface area contributed by atoms with Gasteiger partial charge < -0.3 is 9.84 Å².